The Morgan fingerprint density at radius 2 is 2.24 bits per heavy atom. The first kappa shape index (κ1) is 13.0. The molecular weight excluding hydrogens is 232 g/mol. The van der Waals surface area contributed by atoms with Crippen LogP contribution >= 0.6 is 11.8 Å². The van der Waals surface area contributed by atoms with Crippen molar-refractivity contribution in [3.63, 3.8) is 0 Å². The number of rotatable bonds is 4. The van der Waals surface area contributed by atoms with E-state index < -0.39 is 0 Å². The molecule has 0 radical (unpaired) electrons. The molecule has 2 N–H and O–H groups in total. The Kier molecular flexibility index (Phi) is 4.95. The zero-order valence-electron chi connectivity index (χ0n) is 10.5. The Labute approximate surface area is 108 Å². The van der Waals surface area contributed by atoms with Crippen LogP contribution in [0.4, 0.5) is 0 Å². The molecule has 0 aliphatic carbocycles. The van der Waals surface area contributed by atoms with E-state index in [9.17, 15) is 0 Å². The Balaban J connectivity index is 2.09. The van der Waals surface area contributed by atoms with Gasteiger partial charge < -0.3 is 15.4 Å². The molecular formula is C13H22N2OS. The largest absolute Gasteiger partial charge is 0.377 e. The highest BCUT2D eigenvalue weighted by Crippen LogP contribution is 2.29. The van der Waals surface area contributed by atoms with Crippen LogP contribution in [0.25, 0.3) is 0 Å². The molecule has 2 heterocycles. The van der Waals surface area contributed by atoms with Crippen molar-refractivity contribution in [1.82, 2.24) is 4.90 Å². The van der Waals surface area contributed by atoms with Gasteiger partial charge in [-0.3, -0.25) is 0 Å². The molecule has 0 aromatic carbocycles. The molecule has 0 spiro atoms. The molecule has 4 heteroatoms. The third-order valence-corrected chi connectivity index (χ3v) is 4.32. The van der Waals surface area contributed by atoms with Crippen LogP contribution in [0.5, 0.6) is 0 Å². The molecule has 0 saturated carbocycles. The summed E-state index contributed by atoms with van der Waals surface area (Å²) in [5.41, 5.74) is 7.07. The van der Waals surface area contributed by atoms with Crippen LogP contribution in [0.15, 0.2) is 22.8 Å². The molecule has 2 aliphatic heterocycles. The Hall–Kier alpha value is -0.450. The quantitative estimate of drug-likeness (QED) is 0.832. The van der Waals surface area contributed by atoms with Gasteiger partial charge in [-0.15, -0.1) is 11.8 Å². The number of likely N-dealkylation sites (tertiary alicyclic amines) is 1. The molecule has 2 rings (SSSR count). The van der Waals surface area contributed by atoms with Crippen LogP contribution < -0.4 is 5.73 Å². The Morgan fingerprint density at radius 1 is 1.47 bits per heavy atom. The maximum absolute atomic E-state index is 5.78. The molecule has 2 aliphatic rings. The predicted octanol–water partition coefficient (Wildman–Crippen LogP) is 1.96. The maximum Gasteiger partial charge on any atom is 0.0955 e. The van der Waals surface area contributed by atoms with E-state index in [1.807, 2.05) is 11.8 Å². The van der Waals surface area contributed by atoms with E-state index in [0.29, 0.717) is 6.54 Å². The van der Waals surface area contributed by atoms with Crippen LogP contribution in [0.2, 0.25) is 0 Å². The number of nitrogens with zero attached hydrogens (tertiary/aromatic N) is 1. The van der Waals surface area contributed by atoms with E-state index in [1.54, 1.807) is 0 Å². The molecule has 17 heavy (non-hydrogen) atoms. The number of hydrogen-bond donors (Lipinski definition) is 1. The minimum atomic E-state index is 0.0880. The van der Waals surface area contributed by atoms with Crippen molar-refractivity contribution >= 4 is 11.8 Å². The van der Waals surface area contributed by atoms with E-state index in [1.165, 1.54) is 36.4 Å². The van der Waals surface area contributed by atoms with Crippen LogP contribution in [0, 0.1) is 0 Å². The van der Waals surface area contributed by atoms with Crippen molar-refractivity contribution in [2.75, 3.05) is 32.5 Å². The zero-order chi connectivity index (χ0) is 12.1. The van der Waals surface area contributed by atoms with Crippen molar-refractivity contribution in [3.8, 4) is 0 Å². The highest BCUT2D eigenvalue weighted by molar-refractivity contribution is 8.02. The molecule has 0 aromatic rings. The first-order chi connectivity index (χ1) is 8.35. The highest BCUT2D eigenvalue weighted by Gasteiger charge is 2.20. The van der Waals surface area contributed by atoms with Gasteiger partial charge in [0.2, 0.25) is 0 Å². The van der Waals surface area contributed by atoms with Gasteiger partial charge in [0.25, 0.3) is 0 Å². The lowest BCUT2D eigenvalue weighted by Crippen LogP contribution is -2.30. The molecule has 0 amide bonds. The third-order valence-electron chi connectivity index (χ3n) is 3.38. The lowest BCUT2D eigenvalue weighted by Gasteiger charge is -2.26. The molecule has 3 nitrogen and oxygen atoms in total. The molecule has 0 aromatic heterocycles. The molecule has 0 bridgehead atoms. The summed E-state index contributed by atoms with van der Waals surface area (Å²) in [6.45, 7) is 3.75. The predicted molar refractivity (Wildman–Crippen MR) is 73.9 cm³/mol. The summed E-state index contributed by atoms with van der Waals surface area (Å²) in [6.07, 6.45) is 10.3. The normalized spacial score (nSPS) is 26.2. The second-order valence-electron chi connectivity index (χ2n) is 4.49. The molecule has 1 unspecified atom stereocenters. The standard InChI is InChI=1S/C13H22N2OS/c1-17-13-5-9-16-12(10-14)11(13)4-8-15-6-2-3-7-15/h4,8,12H,2-3,5-7,9-10,14H2,1H3/b8-4+. The summed E-state index contributed by atoms with van der Waals surface area (Å²) in [7, 11) is 0. The lowest BCUT2D eigenvalue weighted by molar-refractivity contribution is 0.0781. The van der Waals surface area contributed by atoms with Gasteiger partial charge in [-0.2, -0.15) is 0 Å². The van der Waals surface area contributed by atoms with E-state index in [0.717, 1.165) is 13.0 Å². The van der Waals surface area contributed by atoms with Gasteiger partial charge in [0.1, 0.15) is 0 Å². The van der Waals surface area contributed by atoms with Gasteiger partial charge in [-0.05, 0) is 41.9 Å². The fourth-order valence-corrected chi connectivity index (χ4v) is 3.12. The number of nitrogens with two attached hydrogens (primary N) is 1. The SMILES string of the molecule is CSC1=C(/C=C/N2CCCC2)C(CN)OCC1. The van der Waals surface area contributed by atoms with E-state index in [-0.39, 0.29) is 6.10 Å². The summed E-state index contributed by atoms with van der Waals surface area (Å²) >= 11 is 1.83. The van der Waals surface area contributed by atoms with Crippen LogP contribution in [-0.2, 0) is 4.74 Å². The molecule has 1 fully saturated rings. The smallest absolute Gasteiger partial charge is 0.0955 e. The average Bonchev–Trinajstić information content (AvgIpc) is 2.88. The first-order valence-electron chi connectivity index (χ1n) is 6.36. The second kappa shape index (κ2) is 6.47. The van der Waals surface area contributed by atoms with Crippen LogP contribution in [0.1, 0.15) is 19.3 Å². The van der Waals surface area contributed by atoms with Crippen molar-refractivity contribution in [2.24, 2.45) is 5.73 Å². The van der Waals surface area contributed by atoms with E-state index >= 15 is 0 Å². The van der Waals surface area contributed by atoms with Gasteiger partial charge >= 0.3 is 0 Å². The summed E-state index contributed by atoms with van der Waals surface area (Å²) in [6, 6.07) is 0. The van der Waals surface area contributed by atoms with Gasteiger partial charge in [0, 0.05) is 26.1 Å². The summed E-state index contributed by atoms with van der Waals surface area (Å²) in [5, 5.41) is 0. The maximum atomic E-state index is 5.78. The topological polar surface area (TPSA) is 38.5 Å². The molecule has 96 valence electrons. The van der Waals surface area contributed by atoms with Crippen molar-refractivity contribution < 1.29 is 4.74 Å². The molecule has 1 atom stereocenters. The van der Waals surface area contributed by atoms with Crippen LogP contribution in [0.3, 0.4) is 0 Å². The second-order valence-corrected chi connectivity index (χ2v) is 5.39. The van der Waals surface area contributed by atoms with E-state index in [2.05, 4.69) is 23.4 Å². The summed E-state index contributed by atoms with van der Waals surface area (Å²) in [4.78, 5) is 3.81. The van der Waals surface area contributed by atoms with Gasteiger partial charge in [0.05, 0.1) is 12.7 Å². The minimum absolute atomic E-state index is 0.0880. The zero-order valence-corrected chi connectivity index (χ0v) is 11.3. The van der Waals surface area contributed by atoms with Gasteiger partial charge in [-0.25, -0.2) is 0 Å². The lowest BCUT2D eigenvalue weighted by atomic mass is 10.1. The first-order valence-corrected chi connectivity index (χ1v) is 7.58. The minimum Gasteiger partial charge on any atom is -0.377 e. The fraction of sp³-hybridized carbons (Fsp3) is 0.692. The van der Waals surface area contributed by atoms with Crippen molar-refractivity contribution in [1.29, 1.82) is 0 Å². The van der Waals surface area contributed by atoms with Gasteiger partial charge in [0.15, 0.2) is 0 Å². The number of hydrogen-bond acceptors (Lipinski definition) is 4. The van der Waals surface area contributed by atoms with Crippen LogP contribution in [-0.4, -0.2) is 43.5 Å². The number of ether oxygens (including phenoxy) is 1. The summed E-state index contributed by atoms with van der Waals surface area (Å²) < 4.78 is 5.72. The van der Waals surface area contributed by atoms with Crippen molar-refractivity contribution in [3.05, 3.63) is 22.8 Å². The highest BCUT2D eigenvalue weighted by atomic mass is 32.2. The Morgan fingerprint density at radius 3 is 2.88 bits per heavy atom. The molecule has 1 saturated heterocycles. The average molecular weight is 254 g/mol. The fourth-order valence-electron chi connectivity index (χ4n) is 2.40. The monoisotopic (exact) mass is 254 g/mol. The summed E-state index contributed by atoms with van der Waals surface area (Å²) in [5.74, 6) is 0. The Bertz CT molecular complexity index is 309. The third kappa shape index (κ3) is 3.27. The number of thioether (sulfide) groups is 1. The van der Waals surface area contributed by atoms with E-state index in [4.69, 9.17) is 10.5 Å². The van der Waals surface area contributed by atoms with Gasteiger partial charge in [-0.1, -0.05) is 0 Å². The van der Waals surface area contributed by atoms with Crippen molar-refractivity contribution in [2.45, 2.75) is 25.4 Å².